The first-order valence-corrected chi connectivity index (χ1v) is 11.3. The highest BCUT2D eigenvalue weighted by molar-refractivity contribution is 8.18. The zero-order valence-corrected chi connectivity index (χ0v) is 18.4. The number of carbonyl (C=O) groups is 4. The molecule has 1 aromatic heterocycles. The van der Waals surface area contributed by atoms with Crippen molar-refractivity contribution >= 4 is 63.7 Å². The molecule has 3 aromatic rings. The summed E-state index contributed by atoms with van der Waals surface area (Å²) in [6.45, 7) is -0.599. The highest BCUT2D eigenvalue weighted by Crippen LogP contribution is 2.32. The molecular weight excluding hydrogens is 471 g/mol. The molecule has 1 aliphatic rings. The Morgan fingerprint density at radius 1 is 1.09 bits per heavy atom. The molecule has 1 aliphatic heterocycles. The van der Waals surface area contributed by atoms with Crippen LogP contribution in [0.25, 0.3) is 17.2 Å². The normalized spacial score (nSPS) is 14.8. The number of carbonyl (C=O) groups excluding carboxylic acids is 4. The van der Waals surface area contributed by atoms with Gasteiger partial charge < -0.3 is 4.42 Å². The van der Waals surface area contributed by atoms with Crippen LogP contribution in [0.1, 0.15) is 5.56 Å². The number of hydrogen-bond donors (Lipinski definition) is 2. The SMILES string of the molecule is O=C(CSc1nc2ccccc2o1)NNC(=O)CN1C(=O)S/C(=C/c2ccccc2F)C1=O. The van der Waals surface area contributed by atoms with Crippen LogP contribution in [0, 0.1) is 5.82 Å². The van der Waals surface area contributed by atoms with Crippen LogP contribution in [0.4, 0.5) is 9.18 Å². The van der Waals surface area contributed by atoms with E-state index >= 15 is 0 Å². The van der Waals surface area contributed by atoms with E-state index in [0.717, 1.165) is 11.8 Å². The number of fused-ring (bicyclic) bond motifs is 1. The van der Waals surface area contributed by atoms with Crippen molar-refractivity contribution in [3.63, 3.8) is 0 Å². The highest BCUT2D eigenvalue weighted by Gasteiger charge is 2.36. The van der Waals surface area contributed by atoms with Crippen molar-refractivity contribution in [3.05, 3.63) is 64.8 Å². The van der Waals surface area contributed by atoms with E-state index in [0.29, 0.717) is 33.0 Å². The third-order valence-corrected chi connectivity index (χ3v) is 6.04. The van der Waals surface area contributed by atoms with E-state index in [-0.39, 0.29) is 16.2 Å². The number of nitrogens with one attached hydrogen (secondary N) is 2. The molecule has 0 saturated carbocycles. The number of benzene rings is 2. The predicted molar refractivity (Wildman–Crippen MR) is 120 cm³/mol. The lowest BCUT2D eigenvalue weighted by Crippen LogP contribution is -2.47. The van der Waals surface area contributed by atoms with Gasteiger partial charge in [0.05, 0.1) is 10.7 Å². The van der Waals surface area contributed by atoms with Gasteiger partial charge in [0.15, 0.2) is 5.58 Å². The summed E-state index contributed by atoms with van der Waals surface area (Å²) in [7, 11) is 0. The molecule has 2 aromatic carbocycles. The fourth-order valence-corrected chi connectivity index (χ4v) is 4.24. The van der Waals surface area contributed by atoms with Gasteiger partial charge in [0.25, 0.3) is 22.3 Å². The Balaban J connectivity index is 1.26. The molecule has 4 rings (SSSR count). The molecule has 0 atom stereocenters. The largest absolute Gasteiger partial charge is 0.431 e. The molecule has 33 heavy (non-hydrogen) atoms. The van der Waals surface area contributed by atoms with Gasteiger partial charge in [-0.2, -0.15) is 0 Å². The molecule has 1 fully saturated rings. The fraction of sp³-hybridized carbons (Fsp3) is 0.0952. The average molecular weight is 487 g/mol. The number of oxazole rings is 1. The lowest BCUT2D eigenvalue weighted by molar-refractivity contribution is -0.131. The number of amides is 4. The first kappa shape index (κ1) is 22.6. The Morgan fingerprint density at radius 3 is 2.61 bits per heavy atom. The second-order valence-corrected chi connectivity index (χ2v) is 8.54. The van der Waals surface area contributed by atoms with E-state index in [1.165, 1.54) is 24.3 Å². The Bertz CT molecular complexity index is 1260. The van der Waals surface area contributed by atoms with Crippen LogP contribution in [0.15, 0.2) is 63.1 Å². The van der Waals surface area contributed by atoms with E-state index in [4.69, 9.17) is 4.42 Å². The summed E-state index contributed by atoms with van der Waals surface area (Å²) >= 11 is 1.64. The topological polar surface area (TPSA) is 122 Å². The first-order chi connectivity index (χ1) is 15.9. The van der Waals surface area contributed by atoms with Gasteiger partial charge in [-0.05, 0) is 36.0 Å². The fourth-order valence-electron chi connectivity index (χ4n) is 2.77. The molecule has 12 heteroatoms. The molecule has 2 heterocycles. The Hall–Kier alpha value is -3.64. The predicted octanol–water partition coefficient (Wildman–Crippen LogP) is 2.94. The third-order valence-electron chi connectivity index (χ3n) is 4.31. The average Bonchev–Trinajstić information content (AvgIpc) is 3.33. The molecular formula is C21H15FN4O5S2. The third kappa shape index (κ3) is 5.41. The summed E-state index contributed by atoms with van der Waals surface area (Å²) in [5.41, 5.74) is 5.75. The van der Waals surface area contributed by atoms with Gasteiger partial charge in [-0.1, -0.05) is 42.1 Å². The van der Waals surface area contributed by atoms with Gasteiger partial charge in [0, 0.05) is 5.56 Å². The van der Waals surface area contributed by atoms with Crippen molar-refractivity contribution in [1.29, 1.82) is 0 Å². The molecule has 0 bridgehead atoms. The highest BCUT2D eigenvalue weighted by atomic mass is 32.2. The zero-order valence-electron chi connectivity index (χ0n) is 16.7. The minimum atomic E-state index is -0.773. The zero-order chi connectivity index (χ0) is 23.4. The van der Waals surface area contributed by atoms with Gasteiger partial charge in [-0.25, -0.2) is 9.37 Å². The quantitative estimate of drug-likeness (QED) is 0.310. The second kappa shape index (κ2) is 9.88. The first-order valence-electron chi connectivity index (χ1n) is 9.46. The Kier molecular flexibility index (Phi) is 6.75. The van der Waals surface area contributed by atoms with Crippen LogP contribution < -0.4 is 10.9 Å². The smallest absolute Gasteiger partial charge is 0.294 e. The maximum absolute atomic E-state index is 13.8. The molecule has 0 unspecified atom stereocenters. The molecule has 1 saturated heterocycles. The molecule has 2 N–H and O–H groups in total. The van der Waals surface area contributed by atoms with Crippen LogP contribution in [-0.2, 0) is 14.4 Å². The van der Waals surface area contributed by atoms with E-state index in [1.807, 2.05) is 6.07 Å². The van der Waals surface area contributed by atoms with Gasteiger partial charge in [-0.15, -0.1) is 0 Å². The summed E-state index contributed by atoms with van der Waals surface area (Å²) in [6, 6.07) is 12.9. The summed E-state index contributed by atoms with van der Waals surface area (Å²) in [5.74, 6) is -2.66. The second-order valence-electron chi connectivity index (χ2n) is 6.62. The summed E-state index contributed by atoms with van der Waals surface area (Å²) in [5, 5.41) is -0.368. The summed E-state index contributed by atoms with van der Waals surface area (Å²) in [4.78, 5) is 53.6. The lowest BCUT2D eigenvalue weighted by atomic mass is 10.2. The minimum absolute atomic E-state index is 0.00308. The van der Waals surface area contributed by atoms with Crippen LogP contribution in [0.5, 0.6) is 0 Å². The summed E-state index contributed by atoms with van der Waals surface area (Å²) in [6.07, 6.45) is 1.25. The number of hydrazine groups is 1. The van der Waals surface area contributed by atoms with E-state index in [1.54, 1.807) is 24.3 Å². The van der Waals surface area contributed by atoms with Crippen molar-refractivity contribution in [2.24, 2.45) is 0 Å². The van der Waals surface area contributed by atoms with Crippen LogP contribution in [0.3, 0.4) is 0 Å². The van der Waals surface area contributed by atoms with Crippen molar-refractivity contribution in [2.75, 3.05) is 12.3 Å². The number of hydrogen-bond acceptors (Lipinski definition) is 8. The van der Waals surface area contributed by atoms with Gasteiger partial charge in [-0.3, -0.25) is 34.9 Å². The number of rotatable bonds is 6. The number of para-hydroxylation sites is 2. The van der Waals surface area contributed by atoms with Crippen molar-refractivity contribution in [3.8, 4) is 0 Å². The number of nitrogens with zero attached hydrogens (tertiary/aromatic N) is 2. The monoisotopic (exact) mass is 486 g/mol. The lowest BCUT2D eigenvalue weighted by Gasteiger charge is -2.12. The Morgan fingerprint density at radius 2 is 1.82 bits per heavy atom. The van der Waals surface area contributed by atoms with Crippen LogP contribution in [-0.4, -0.2) is 45.1 Å². The molecule has 9 nitrogen and oxygen atoms in total. The molecule has 168 valence electrons. The van der Waals surface area contributed by atoms with E-state index in [9.17, 15) is 23.6 Å². The number of thioether (sulfide) groups is 2. The standard InChI is InChI=1S/C21H15FN4O5S2/c22-13-6-2-1-5-12(13)9-16-19(29)26(21(30)33-16)10-17(27)24-25-18(28)11-32-20-23-14-7-3-4-8-15(14)31-20/h1-9H,10-11H2,(H,24,27)(H,25,28)/b16-9+. The minimum Gasteiger partial charge on any atom is -0.431 e. The maximum atomic E-state index is 13.8. The summed E-state index contributed by atoms with van der Waals surface area (Å²) < 4.78 is 19.3. The molecule has 0 aliphatic carbocycles. The van der Waals surface area contributed by atoms with Crippen LogP contribution in [0.2, 0.25) is 0 Å². The van der Waals surface area contributed by atoms with Crippen molar-refractivity contribution in [2.45, 2.75) is 5.22 Å². The molecule has 0 spiro atoms. The Labute approximate surface area is 194 Å². The van der Waals surface area contributed by atoms with Crippen LogP contribution >= 0.6 is 23.5 Å². The van der Waals surface area contributed by atoms with Gasteiger partial charge >= 0.3 is 0 Å². The van der Waals surface area contributed by atoms with Gasteiger partial charge in [0.1, 0.15) is 17.9 Å². The molecule has 0 radical (unpaired) electrons. The van der Waals surface area contributed by atoms with E-state index < -0.39 is 35.3 Å². The molecule has 4 amide bonds. The number of aromatic nitrogens is 1. The van der Waals surface area contributed by atoms with Crippen molar-refractivity contribution < 1.29 is 28.0 Å². The maximum Gasteiger partial charge on any atom is 0.294 e. The van der Waals surface area contributed by atoms with E-state index in [2.05, 4.69) is 15.8 Å². The number of imide groups is 1. The van der Waals surface area contributed by atoms with Crippen molar-refractivity contribution in [1.82, 2.24) is 20.7 Å². The number of halogens is 1. The van der Waals surface area contributed by atoms with Gasteiger partial charge in [0.2, 0.25) is 5.91 Å².